The molecule has 1 aromatic carbocycles. The van der Waals surface area contributed by atoms with Crippen LogP contribution in [-0.2, 0) is 16.3 Å². The first-order valence-electron chi connectivity index (χ1n) is 8.46. The fourth-order valence-electron chi connectivity index (χ4n) is 2.83. The van der Waals surface area contributed by atoms with Crippen LogP contribution in [0.1, 0.15) is 19.4 Å². The number of hydrogen-bond acceptors (Lipinski definition) is 4. The van der Waals surface area contributed by atoms with Crippen LogP contribution in [0.25, 0.3) is 0 Å². The molecule has 1 fully saturated rings. The maximum absolute atomic E-state index is 12.2. The zero-order valence-electron chi connectivity index (χ0n) is 15.9. The lowest BCUT2D eigenvalue weighted by Crippen LogP contribution is -2.57. The van der Waals surface area contributed by atoms with Crippen molar-refractivity contribution in [3.8, 4) is 5.75 Å². The van der Waals surface area contributed by atoms with E-state index >= 15 is 0 Å². The Bertz CT molecular complexity index is 781. The van der Waals surface area contributed by atoms with Crippen molar-refractivity contribution >= 4 is 39.8 Å². The molecule has 0 amide bonds. The van der Waals surface area contributed by atoms with Crippen LogP contribution in [0, 0.1) is 0 Å². The van der Waals surface area contributed by atoms with Crippen LogP contribution >= 0.6 is 24.0 Å². The molecule has 1 aliphatic heterocycles. The topological polar surface area (TPSA) is 71.0 Å². The summed E-state index contributed by atoms with van der Waals surface area (Å²) in [6, 6.07) is 5.69. The van der Waals surface area contributed by atoms with Crippen LogP contribution in [0.4, 0.5) is 13.2 Å². The first kappa shape index (κ1) is 24.8. The van der Waals surface area contributed by atoms with Gasteiger partial charge in [0.25, 0.3) is 0 Å². The summed E-state index contributed by atoms with van der Waals surface area (Å²) in [6.07, 6.45) is -4.13. The van der Waals surface area contributed by atoms with Gasteiger partial charge in [-0.1, -0.05) is 12.1 Å². The average molecular weight is 535 g/mol. The third-order valence-electron chi connectivity index (χ3n) is 4.41. The summed E-state index contributed by atoms with van der Waals surface area (Å²) in [5.41, 5.74) is 0.842. The molecule has 6 nitrogen and oxygen atoms in total. The van der Waals surface area contributed by atoms with E-state index in [9.17, 15) is 21.6 Å². The zero-order chi connectivity index (χ0) is 20.3. The first-order valence-corrected chi connectivity index (χ1v) is 10.1. The lowest BCUT2D eigenvalue weighted by molar-refractivity contribution is -0.274. The number of nitrogens with one attached hydrogen (secondary N) is 1. The highest BCUT2D eigenvalue weighted by atomic mass is 127. The van der Waals surface area contributed by atoms with Crippen LogP contribution in [0.15, 0.2) is 29.3 Å². The molecule has 0 radical (unpaired) electrons. The molecule has 0 spiro atoms. The molecule has 1 aliphatic rings. The number of guanidine groups is 1. The minimum absolute atomic E-state index is 0. The fourth-order valence-corrected chi connectivity index (χ4v) is 4.20. The number of aliphatic imine (C=N–C) groups is 1. The highest BCUT2D eigenvalue weighted by Gasteiger charge is 2.40. The third kappa shape index (κ3) is 6.68. The van der Waals surface area contributed by atoms with Gasteiger partial charge in [-0.3, -0.25) is 4.99 Å². The molecule has 28 heavy (non-hydrogen) atoms. The van der Waals surface area contributed by atoms with Crippen LogP contribution in [0.3, 0.4) is 0 Å². The highest BCUT2D eigenvalue weighted by Crippen LogP contribution is 2.24. The Hall–Kier alpha value is -1.24. The van der Waals surface area contributed by atoms with Crippen LogP contribution in [0.5, 0.6) is 5.75 Å². The number of alkyl halides is 3. The summed E-state index contributed by atoms with van der Waals surface area (Å²) in [5.74, 6) is 0.420. The number of halogens is 4. The van der Waals surface area contributed by atoms with Crippen molar-refractivity contribution < 1.29 is 26.3 Å². The van der Waals surface area contributed by atoms with E-state index in [2.05, 4.69) is 15.0 Å². The van der Waals surface area contributed by atoms with Crippen molar-refractivity contribution in [1.29, 1.82) is 0 Å². The number of hydrogen-bond donors (Lipinski definition) is 1. The summed E-state index contributed by atoms with van der Waals surface area (Å²) in [4.78, 5) is 6.11. The van der Waals surface area contributed by atoms with Crippen molar-refractivity contribution in [2.24, 2.45) is 4.99 Å². The highest BCUT2D eigenvalue weighted by molar-refractivity contribution is 14.0. The van der Waals surface area contributed by atoms with E-state index in [0.717, 1.165) is 5.56 Å². The molecule has 0 aromatic heterocycles. The van der Waals surface area contributed by atoms with Gasteiger partial charge in [0.1, 0.15) is 5.75 Å². The molecule has 1 aromatic rings. The molecule has 11 heteroatoms. The number of benzene rings is 1. The van der Waals surface area contributed by atoms with Crippen molar-refractivity contribution in [2.45, 2.75) is 31.4 Å². The van der Waals surface area contributed by atoms with E-state index in [4.69, 9.17) is 0 Å². The zero-order valence-corrected chi connectivity index (χ0v) is 19.1. The standard InChI is InChI=1S/C17H24F3N3O3S.HI/c1-16(2)12-23(10-11-27(16,24)25)15(21-3)22-9-8-13-4-6-14(7-5-13)26-17(18,19)20;/h4-7H,8-12H2,1-3H3,(H,21,22);1H. The van der Waals surface area contributed by atoms with Crippen LogP contribution in [0.2, 0.25) is 0 Å². The van der Waals surface area contributed by atoms with E-state index in [0.29, 0.717) is 32.0 Å². The smallest absolute Gasteiger partial charge is 0.406 e. The maximum Gasteiger partial charge on any atom is 0.573 e. The molecular formula is C17H25F3IN3O3S. The summed E-state index contributed by atoms with van der Waals surface area (Å²) >= 11 is 0. The number of nitrogens with zero attached hydrogens (tertiary/aromatic N) is 2. The fraction of sp³-hybridized carbons (Fsp3) is 0.588. The third-order valence-corrected chi connectivity index (χ3v) is 6.94. The molecule has 0 aliphatic carbocycles. The Morgan fingerprint density at radius 1 is 1.29 bits per heavy atom. The van der Waals surface area contributed by atoms with E-state index < -0.39 is 20.9 Å². The van der Waals surface area contributed by atoms with Gasteiger partial charge in [0, 0.05) is 26.7 Å². The molecule has 0 unspecified atom stereocenters. The molecule has 0 atom stereocenters. The van der Waals surface area contributed by atoms with Crippen LogP contribution < -0.4 is 10.1 Å². The molecular weight excluding hydrogens is 510 g/mol. The Morgan fingerprint density at radius 2 is 1.89 bits per heavy atom. The number of sulfone groups is 1. The quantitative estimate of drug-likeness (QED) is 0.365. The summed E-state index contributed by atoms with van der Waals surface area (Å²) < 4.78 is 63.7. The summed E-state index contributed by atoms with van der Waals surface area (Å²) in [5, 5.41) is 3.18. The second-order valence-corrected chi connectivity index (χ2v) is 9.66. The summed E-state index contributed by atoms with van der Waals surface area (Å²) in [7, 11) is -1.51. The molecule has 0 saturated carbocycles. The van der Waals surface area contributed by atoms with Crippen molar-refractivity contribution in [3.63, 3.8) is 0 Å². The normalized spacial score (nSPS) is 18.9. The van der Waals surface area contributed by atoms with E-state index in [1.54, 1.807) is 33.0 Å². The van der Waals surface area contributed by atoms with Gasteiger partial charge in [-0.05, 0) is 38.0 Å². The van der Waals surface area contributed by atoms with Gasteiger partial charge in [0.2, 0.25) is 0 Å². The van der Waals surface area contributed by atoms with Gasteiger partial charge >= 0.3 is 6.36 Å². The Kier molecular flexibility index (Phi) is 8.42. The van der Waals surface area contributed by atoms with Crippen LogP contribution in [-0.4, -0.2) is 62.8 Å². The van der Waals surface area contributed by atoms with E-state index in [1.807, 2.05) is 4.90 Å². The van der Waals surface area contributed by atoms with Gasteiger partial charge in [-0.25, -0.2) is 8.42 Å². The molecule has 160 valence electrons. The largest absolute Gasteiger partial charge is 0.573 e. The monoisotopic (exact) mass is 535 g/mol. The van der Waals surface area contributed by atoms with Crippen molar-refractivity contribution in [1.82, 2.24) is 10.2 Å². The predicted molar refractivity (Wildman–Crippen MR) is 113 cm³/mol. The van der Waals surface area contributed by atoms with Gasteiger partial charge < -0.3 is 15.0 Å². The van der Waals surface area contributed by atoms with E-state index in [1.165, 1.54) is 12.1 Å². The minimum Gasteiger partial charge on any atom is -0.406 e. The lowest BCUT2D eigenvalue weighted by Gasteiger charge is -2.39. The first-order chi connectivity index (χ1) is 12.4. The van der Waals surface area contributed by atoms with Crippen molar-refractivity contribution in [3.05, 3.63) is 29.8 Å². The van der Waals surface area contributed by atoms with Gasteiger partial charge in [0.15, 0.2) is 15.8 Å². The Morgan fingerprint density at radius 3 is 2.39 bits per heavy atom. The number of ether oxygens (including phenoxy) is 1. The molecule has 1 N–H and O–H groups in total. The summed E-state index contributed by atoms with van der Waals surface area (Å²) in [6.45, 7) is 4.63. The second-order valence-electron chi connectivity index (χ2n) is 6.92. The maximum atomic E-state index is 12.2. The van der Waals surface area contributed by atoms with Gasteiger partial charge in [-0.15, -0.1) is 37.1 Å². The second kappa shape index (κ2) is 9.51. The number of rotatable bonds is 4. The van der Waals surface area contributed by atoms with E-state index in [-0.39, 0.29) is 35.5 Å². The van der Waals surface area contributed by atoms with Gasteiger partial charge in [0.05, 0.1) is 10.5 Å². The van der Waals surface area contributed by atoms with Gasteiger partial charge in [-0.2, -0.15) is 0 Å². The Labute approximate surface area is 180 Å². The lowest BCUT2D eigenvalue weighted by atomic mass is 10.1. The minimum atomic E-state index is -4.70. The molecule has 1 heterocycles. The predicted octanol–water partition coefficient (Wildman–Crippen LogP) is 2.83. The average Bonchev–Trinajstić information content (AvgIpc) is 2.54. The molecule has 0 bridgehead atoms. The molecule has 1 saturated heterocycles. The SMILES string of the molecule is CN=C(NCCc1ccc(OC(F)(F)F)cc1)N1CCS(=O)(=O)C(C)(C)C1.I. The molecule has 2 rings (SSSR count). The van der Waals surface area contributed by atoms with Crippen molar-refractivity contribution in [2.75, 3.05) is 32.4 Å². The Balaban J connectivity index is 0.00000392.